The van der Waals surface area contributed by atoms with E-state index in [-0.39, 0.29) is 36.5 Å². The molecule has 1 aliphatic rings. The van der Waals surface area contributed by atoms with E-state index in [1.54, 1.807) is 11.1 Å². The van der Waals surface area contributed by atoms with Gasteiger partial charge in [0.2, 0.25) is 0 Å². The summed E-state index contributed by atoms with van der Waals surface area (Å²) in [7, 11) is 0. The van der Waals surface area contributed by atoms with E-state index in [0.29, 0.717) is 4.22 Å². The van der Waals surface area contributed by atoms with Crippen LogP contribution in [0.4, 0.5) is 0 Å². The van der Waals surface area contributed by atoms with Crippen LogP contribution in [0.1, 0.15) is 48.6 Å². The molecule has 0 radical (unpaired) electrons. The summed E-state index contributed by atoms with van der Waals surface area (Å²) in [5.41, 5.74) is 8.84. The zero-order valence-electron chi connectivity index (χ0n) is 18.0. The third-order valence-electron chi connectivity index (χ3n) is 4.98. The summed E-state index contributed by atoms with van der Waals surface area (Å²) < 4.78 is 4.76. The normalized spacial score (nSPS) is 14.8. The Morgan fingerprint density at radius 2 is 1.54 bits per heavy atom. The van der Waals surface area contributed by atoms with Crippen molar-refractivity contribution in [3.8, 4) is 11.1 Å². The molecule has 2 aromatic carbocycles. The Hall–Kier alpha value is -0.349. The van der Waals surface area contributed by atoms with E-state index in [1.807, 2.05) is 0 Å². The number of rotatable bonds is 3. The molecule has 1 nitrogen and oxygen atoms in total. The summed E-state index contributed by atoms with van der Waals surface area (Å²) in [4.78, 5) is 0. The van der Waals surface area contributed by atoms with Crippen molar-refractivity contribution in [2.24, 2.45) is 0 Å². The molecule has 0 aromatic heterocycles. The fourth-order valence-corrected chi connectivity index (χ4v) is 14.8. The van der Waals surface area contributed by atoms with Gasteiger partial charge in [0.25, 0.3) is 0 Å². The van der Waals surface area contributed by atoms with Crippen LogP contribution in [0.2, 0.25) is 13.1 Å². The van der Waals surface area contributed by atoms with Gasteiger partial charge in [0.05, 0.1) is 0 Å². The quantitative estimate of drug-likeness (QED) is 0.640. The zero-order chi connectivity index (χ0) is 19.1. The van der Waals surface area contributed by atoms with Gasteiger partial charge in [-0.2, -0.15) is 0 Å². The molecule has 5 heteroatoms. The number of hydrogen-bond donors (Lipinski definition) is 1. The maximum Gasteiger partial charge on any atom is -1.00 e. The third-order valence-corrected chi connectivity index (χ3v) is 16.5. The Bertz CT molecular complexity index is 892. The molecule has 3 rings (SSSR count). The van der Waals surface area contributed by atoms with Gasteiger partial charge in [-0.05, 0) is 0 Å². The van der Waals surface area contributed by atoms with E-state index in [4.69, 9.17) is 0 Å². The van der Waals surface area contributed by atoms with Crippen LogP contribution >= 0.6 is 0 Å². The van der Waals surface area contributed by atoms with Crippen molar-refractivity contribution in [2.75, 3.05) is 0 Å². The van der Waals surface area contributed by atoms with E-state index >= 15 is 0 Å². The Morgan fingerprint density at radius 3 is 2.07 bits per heavy atom. The van der Waals surface area contributed by atoms with Crippen molar-refractivity contribution < 1.29 is 41.7 Å². The van der Waals surface area contributed by atoms with Gasteiger partial charge in [-0.1, -0.05) is 0 Å². The number of halogens is 2. The van der Waals surface area contributed by atoms with Crippen molar-refractivity contribution in [1.82, 2.24) is 3.80 Å². The molecule has 0 aliphatic heterocycles. The van der Waals surface area contributed by atoms with Gasteiger partial charge in [0.15, 0.2) is 0 Å². The number of allylic oxidation sites excluding steroid dienone is 1. The molecule has 0 amide bonds. The van der Waals surface area contributed by atoms with E-state index in [9.17, 15) is 0 Å². The van der Waals surface area contributed by atoms with Crippen LogP contribution < -0.4 is 28.6 Å². The number of nitrogens with one attached hydrogen (secondary N) is 1. The fourth-order valence-electron chi connectivity index (χ4n) is 3.81. The van der Waals surface area contributed by atoms with E-state index in [1.165, 1.54) is 22.3 Å². The van der Waals surface area contributed by atoms with Gasteiger partial charge >= 0.3 is 166 Å². The maximum atomic E-state index is 4.11. The van der Waals surface area contributed by atoms with E-state index in [2.05, 4.69) is 100 Å². The number of aryl methyl sites for hydroxylation is 1. The van der Waals surface area contributed by atoms with Crippen LogP contribution in [0, 0.1) is 6.92 Å². The van der Waals surface area contributed by atoms with Crippen LogP contribution in [0.5, 0.6) is 0 Å². The SMILES string of the molecule is CC1=Cc2c(-c3ccc(C)cc3)cccc2[CH]1[Ti+2]([NH]C(C)(C)C)=[Si](C)C.[Cl-].[Cl-]. The van der Waals surface area contributed by atoms with Crippen molar-refractivity contribution in [1.29, 1.82) is 0 Å². The first kappa shape index (κ1) is 25.7. The fraction of sp³-hybridized carbons (Fsp3) is 0.391. The first-order valence-corrected chi connectivity index (χ1v) is 16.0. The van der Waals surface area contributed by atoms with Crippen molar-refractivity contribution in [2.45, 2.75) is 57.5 Å². The Morgan fingerprint density at radius 1 is 0.929 bits per heavy atom. The van der Waals surface area contributed by atoms with Crippen LogP contribution in [0.3, 0.4) is 0 Å². The molecule has 0 bridgehead atoms. The molecular weight excluding hydrogens is 437 g/mol. The minimum atomic E-state index is -1.45. The molecule has 1 N–H and O–H groups in total. The summed E-state index contributed by atoms with van der Waals surface area (Å²) >= 11 is -1.45. The Balaban J connectivity index is 0.00000196. The predicted octanol–water partition coefficient (Wildman–Crippen LogP) is 0.300. The molecule has 0 saturated heterocycles. The second-order valence-corrected chi connectivity index (χ2v) is 20.3. The molecule has 150 valence electrons. The van der Waals surface area contributed by atoms with Gasteiger partial charge < -0.3 is 24.8 Å². The predicted molar refractivity (Wildman–Crippen MR) is 113 cm³/mol. The minimum absolute atomic E-state index is 0. The summed E-state index contributed by atoms with van der Waals surface area (Å²) in [5.74, 6) is 0. The topological polar surface area (TPSA) is 12.0 Å². The molecule has 1 atom stereocenters. The second kappa shape index (κ2) is 10.1. The number of fused-ring (bicyclic) bond motifs is 1. The monoisotopic (exact) mass is 467 g/mol. The standard InChI is InChI=1S/C17H15.C4H10N.C2H6Si.2ClH.Ti/c1-12-6-8-14(9-7-12)16-5-3-4-15-10-13(2)11-17(15)16;1-4(2,3)5;1-3-2;;;/h3-11H,1-2H3;5H,1-3H3;1-2H3;2*1H;/q;-1;;;;+3/p-2. The molecule has 2 aromatic rings. The summed E-state index contributed by atoms with van der Waals surface area (Å²) in [6, 6.07) is 15.9. The molecule has 0 spiro atoms. The average molecular weight is 468 g/mol. The van der Waals surface area contributed by atoms with Crippen molar-refractivity contribution >= 4 is 12.3 Å². The first-order valence-electron chi connectivity index (χ1n) is 9.51. The minimum Gasteiger partial charge on any atom is -1.00 e. The van der Waals surface area contributed by atoms with Crippen LogP contribution in [0.15, 0.2) is 48.0 Å². The molecule has 0 fully saturated rings. The number of benzene rings is 2. The maximum absolute atomic E-state index is 4.11. The molecule has 1 unspecified atom stereocenters. The first-order chi connectivity index (χ1) is 12.2. The van der Waals surface area contributed by atoms with Crippen LogP contribution in [-0.4, -0.2) is 11.7 Å². The van der Waals surface area contributed by atoms with Crippen molar-refractivity contribution in [3.63, 3.8) is 0 Å². The average Bonchev–Trinajstić information content (AvgIpc) is 2.88. The van der Waals surface area contributed by atoms with Gasteiger partial charge in [-0.3, -0.25) is 0 Å². The Labute approximate surface area is 190 Å². The van der Waals surface area contributed by atoms with Gasteiger partial charge in [-0.15, -0.1) is 0 Å². The zero-order valence-corrected chi connectivity index (χ0v) is 22.0. The number of hydrogen-bond acceptors (Lipinski definition) is 1. The van der Waals surface area contributed by atoms with Crippen LogP contribution in [-0.2, 0) is 16.9 Å². The molecular formula is C23H31Cl2NSiTi. The summed E-state index contributed by atoms with van der Waals surface area (Å²) in [6.07, 6.45) is 2.14. The molecule has 0 heterocycles. The molecule has 28 heavy (non-hydrogen) atoms. The third kappa shape index (κ3) is 5.62. The van der Waals surface area contributed by atoms with Crippen molar-refractivity contribution in [3.05, 3.63) is 64.7 Å². The Kier molecular flexibility index (Phi) is 9.27. The van der Waals surface area contributed by atoms with E-state index < -0.39 is 16.9 Å². The van der Waals surface area contributed by atoms with E-state index in [0.717, 1.165) is 0 Å². The summed E-state index contributed by atoms with van der Waals surface area (Å²) in [5, 5.41) is 0. The second-order valence-electron chi connectivity index (χ2n) is 8.78. The van der Waals surface area contributed by atoms with Gasteiger partial charge in [-0.25, -0.2) is 0 Å². The van der Waals surface area contributed by atoms with Gasteiger partial charge in [0, 0.05) is 0 Å². The van der Waals surface area contributed by atoms with Gasteiger partial charge in [0.1, 0.15) is 0 Å². The largest absolute Gasteiger partial charge is 1.00 e. The molecule has 1 aliphatic carbocycles. The van der Waals surface area contributed by atoms with Crippen LogP contribution in [0.25, 0.3) is 17.2 Å². The molecule has 0 saturated carbocycles. The summed E-state index contributed by atoms with van der Waals surface area (Å²) in [6.45, 7) is 16.5. The smallest absolute Gasteiger partial charge is 1.00 e.